The number of carbonyl (C=O) groups is 3. The Balaban J connectivity index is 2.79. The highest BCUT2D eigenvalue weighted by atomic mass is 19.4. The molecule has 0 aliphatic carbocycles. The number of hydrogen-bond acceptors (Lipinski definition) is 3. The smallest absolute Gasteiger partial charge is 0.406 e. The molecule has 1 fully saturated rings. The highest BCUT2D eigenvalue weighted by Crippen LogP contribution is 2.17. The minimum Gasteiger partial charge on any atom is -0.480 e. The summed E-state index contributed by atoms with van der Waals surface area (Å²) in [5.41, 5.74) is 0. The number of carboxylic acids is 1. The van der Waals surface area contributed by atoms with Crippen LogP contribution in [-0.4, -0.2) is 71.7 Å². The zero-order chi connectivity index (χ0) is 15.3. The summed E-state index contributed by atoms with van der Waals surface area (Å²) in [4.78, 5) is 34.8. The SMILES string of the molecule is O=C(O)CN(CC(F)(F)F)C(=O)N1CCCNC(=O)C1. The van der Waals surface area contributed by atoms with Crippen molar-refractivity contribution in [3.63, 3.8) is 0 Å². The number of aliphatic carboxylic acids is 1. The van der Waals surface area contributed by atoms with Gasteiger partial charge in [0.05, 0.1) is 0 Å². The van der Waals surface area contributed by atoms with Crippen molar-refractivity contribution in [1.82, 2.24) is 15.1 Å². The van der Waals surface area contributed by atoms with Gasteiger partial charge in [-0.3, -0.25) is 9.59 Å². The summed E-state index contributed by atoms with van der Waals surface area (Å²) < 4.78 is 37.1. The zero-order valence-corrected chi connectivity index (χ0v) is 10.4. The predicted molar refractivity (Wildman–Crippen MR) is 59.9 cm³/mol. The second kappa shape index (κ2) is 6.44. The van der Waals surface area contributed by atoms with Crippen LogP contribution in [0.15, 0.2) is 0 Å². The summed E-state index contributed by atoms with van der Waals surface area (Å²) in [6.07, 6.45) is -4.32. The molecule has 0 saturated carbocycles. The predicted octanol–water partition coefficient (Wildman–Crippen LogP) is -0.123. The Bertz CT molecular complexity index is 400. The van der Waals surface area contributed by atoms with Crippen LogP contribution in [0.25, 0.3) is 0 Å². The van der Waals surface area contributed by atoms with Crippen LogP contribution >= 0.6 is 0 Å². The highest BCUT2D eigenvalue weighted by molar-refractivity contribution is 5.86. The van der Waals surface area contributed by atoms with Crippen molar-refractivity contribution >= 4 is 17.9 Å². The Hall–Kier alpha value is -2.00. The normalized spacial score (nSPS) is 16.4. The van der Waals surface area contributed by atoms with Gasteiger partial charge in [-0.25, -0.2) is 4.79 Å². The lowest BCUT2D eigenvalue weighted by Crippen LogP contribution is -2.50. The number of halogens is 3. The Labute approximate surface area is 112 Å². The minimum absolute atomic E-state index is 0.0888. The number of carboxylic acid groups (broad SMARTS) is 1. The average Bonchev–Trinajstić information content (AvgIpc) is 2.49. The van der Waals surface area contributed by atoms with Crippen molar-refractivity contribution in [2.24, 2.45) is 0 Å². The van der Waals surface area contributed by atoms with Crippen LogP contribution in [0.3, 0.4) is 0 Å². The van der Waals surface area contributed by atoms with Crippen molar-refractivity contribution in [1.29, 1.82) is 0 Å². The van der Waals surface area contributed by atoms with Crippen molar-refractivity contribution in [3.05, 3.63) is 0 Å². The molecule has 0 unspecified atom stereocenters. The fourth-order valence-electron chi connectivity index (χ4n) is 1.74. The number of alkyl halides is 3. The molecule has 114 valence electrons. The largest absolute Gasteiger partial charge is 0.480 e. The van der Waals surface area contributed by atoms with Crippen molar-refractivity contribution < 1.29 is 32.7 Å². The highest BCUT2D eigenvalue weighted by Gasteiger charge is 2.36. The Morgan fingerprint density at radius 3 is 2.60 bits per heavy atom. The van der Waals surface area contributed by atoms with E-state index < -0.39 is 37.2 Å². The summed E-state index contributed by atoms with van der Waals surface area (Å²) >= 11 is 0. The molecule has 0 aromatic heterocycles. The van der Waals surface area contributed by atoms with Gasteiger partial charge in [-0.05, 0) is 6.42 Å². The fraction of sp³-hybridized carbons (Fsp3) is 0.700. The molecule has 1 aliphatic heterocycles. The first-order chi connectivity index (χ1) is 9.19. The van der Waals surface area contributed by atoms with Gasteiger partial charge in [0, 0.05) is 13.1 Å². The standard InChI is InChI=1S/C10H14F3N3O4/c11-10(12,13)6-16(5-8(18)19)9(20)15-3-1-2-14-7(17)4-15/h1-6H2,(H,14,17)(H,18,19). The van der Waals surface area contributed by atoms with Gasteiger partial charge in [0.1, 0.15) is 19.6 Å². The van der Waals surface area contributed by atoms with Crippen LogP contribution in [-0.2, 0) is 9.59 Å². The van der Waals surface area contributed by atoms with Crippen LogP contribution in [0.1, 0.15) is 6.42 Å². The third kappa shape index (κ3) is 5.33. The molecule has 2 N–H and O–H groups in total. The van der Waals surface area contributed by atoms with E-state index in [4.69, 9.17) is 5.11 Å². The number of carbonyl (C=O) groups excluding carboxylic acids is 2. The monoisotopic (exact) mass is 297 g/mol. The molecule has 1 rings (SSSR count). The molecule has 0 atom stereocenters. The van der Waals surface area contributed by atoms with E-state index in [0.717, 1.165) is 4.90 Å². The van der Waals surface area contributed by atoms with E-state index in [1.165, 1.54) is 0 Å². The first-order valence-electron chi connectivity index (χ1n) is 5.78. The summed E-state index contributed by atoms with van der Waals surface area (Å²) in [6.45, 7) is -2.72. The number of nitrogens with one attached hydrogen (secondary N) is 1. The van der Waals surface area contributed by atoms with Crippen LogP contribution in [0.5, 0.6) is 0 Å². The maximum Gasteiger partial charge on any atom is 0.406 e. The Morgan fingerprint density at radius 2 is 2.05 bits per heavy atom. The van der Waals surface area contributed by atoms with Gasteiger partial charge >= 0.3 is 18.2 Å². The number of rotatable bonds is 3. The summed E-state index contributed by atoms with van der Waals surface area (Å²) in [6, 6.07) is -1.11. The minimum atomic E-state index is -4.71. The molecule has 0 bridgehead atoms. The second-order valence-corrected chi connectivity index (χ2v) is 4.27. The van der Waals surface area contributed by atoms with Crippen molar-refractivity contribution in [2.45, 2.75) is 12.6 Å². The van der Waals surface area contributed by atoms with E-state index in [9.17, 15) is 27.6 Å². The van der Waals surface area contributed by atoms with E-state index in [2.05, 4.69) is 5.32 Å². The van der Waals surface area contributed by atoms with E-state index in [1.54, 1.807) is 0 Å². The van der Waals surface area contributed by atoms with Gasteiger partial charge in [-0.1, -0.05) is 0 Å². The molecule has 0 radical (unpaired) electrons. The molecule has 7 nitrogen and oxygen atoms in total. The summed E-state index contributed by atoms with van der Waals surface area (Å²) in [5, 5.41) is 11.0. The molecule has 3 amide bonds. The van der Waals surface area contributed by atoms with Gasteiger partial charge in [-0.2, -0.15) is 13.2 Å². The quantitative estimate of drug-likeness (QED) is 0.760. The third-order valence-corrected chi connectivity index (χ3v) is 2.50. The molecule has 1 heterocycles. The molecule has 1 saturated heterocycles. The molecule has 0 aromatic rings. The fourth-order valence-corrected chi connectivity index (χ4v) is 1.74. The molecule has 20 heavy (non-hydrogen) atoms. The van der Waals surface area contributed by atoms with Gasteiger partial charge in [0.25, 0.3) is 0 Å². The van der Waals surface area contributed by atoms with Gasteiger partial charge < -0.3 is 20.2 Å². The van der Waals surface area contributed by atoms with Crippen LogP contribution in [0, 0.1) is 0 Å². The lowest BCUT2D eigenvalue weighted by atomic mass is 10.4. The average molecular weight is 297 g/mol. The molecule has 10 heteroatoms. The molecule has 0 aromatic carbocycles. The Morgan fingerprint density at radius 1 is 1.40 bits per heavy atom. The lowest BCUT2D eigenvalue weighted by Gasteiger charge is -2.28. The number of amides is 3. The van der Waals surface area contributed by atoms with Gasteiger partial charge in [-0.15, -0.1) is 0 Å². The van der Waals surface area contributed by atoms with E-state index in [0.29, 0.717) is 13.0 Å². The summed E-state index contributed by atoms with van der Waals surface area (Å²) in [5.74, 6) is -2.04. The van der Waals surface area contributed by atoms with Crippen LogP contribution in [0.2, 0.25) is 0 Å². The molecular formula is C10H14F3N3O4. The lowest BCUT2D eigenvalue weighted by molar-refractivity contribution is -0.149. The van der Waals surface area contributed by atoms with Gasteiger partial charge in [0.2, 0.25) is 5.91 Å². The second-order valence-electron chi connectivity index (χ2n) is 4.27. The molecule has 1 aliphatic rings. The molecule has 0 spiro atoms. The maximum absolute atomic E-state index is 12.4. The number of hydrogen-bond donors (Lipinski definition) is 2. The van der Waals surface area contributed by atoms with Gasteiger partial charge in [0.15, 0.2) is 0 Å². The number of urea groups is 1. The topological polar surface area (TPSA) is 89.9 Å². The first kappa shape index (κ1) is 16.1. The zero-order valence-electron chi connectivity index (χ0n) is 10.4. The number of nitrogens with zero attached hydrogens (tertiary/aromatic N) is 2. The third-order valence-electron chi connectivity index (χ3n) is 2.50. The van der Waals surface area contributed by atoms with E-state index in [1.807, 2.05) is 0 Å². The van der Waals surface area contributed by atoms with E-state index >= 15 is 0 Å². The van der Waals surface area contributed by atoms with Crippen molar-refractivity contribution in [3.8, 4) is 0 Å². The van der Waals surface area contributed by atoms with E-state index in [-0.39, 0.29) is 18.0 Å². The maximum atomic E-state index is 12.4. The molecular weight excluding hydrogens is 283 g/mol. The van der Waals surface area contributed by atoms with Crippen molar-refractivity contribution in [2.75, 3.05) is 32.7 Å². The van der Waals surface area contributed by atoms with Crippen LogP contribution in [0.4, 0.5) is 18.0 Å². The Kier molecular flexibility index (Phi) is 5.17. The van der Waals surface area contributed by atoms with Crippen LogP contribution < -0.4 is 5.32 Å². The first-order valence-corrected chi connectivity index (χ1v) is 5.78. The summed E-state index contributed by atoms with van der Waals surface area (Å²) in [7, 11) is 0.